The third-order valence-electron chi connectivity index (χ3n) is 5.75. The molecule has 1 atom stereocenters. The Morgan fingerprint density at radius 3 is 2.58 bits per heavy atom. The number of carbonyl (C=O) groups excluding carboxylic acids is 1. The van der Waals surface area contributed by atoms with E-state index in [1.807, 2.05) is 30.3 Å². The molecule has 1 unspecified atom stereocenters. The fraction of sp³-hybridized carbons (Fsp3) is 0.348. The molecule has 2 aromatic rings. The zero-order chi connectivity index (χ0) is 21.3. The monoisotopic (exact) mass is 482 g/mol. The highest BCUT2D eigenvalue weighted by molar-refractivity contribution is 6.42. The smallest absolute Gasteiger partial charge is 0.258 e. The van der Waals surface area contributed by atoms with Crippen molar-refractivity contribution >= 4 is 52.8 Å². The lowest BCUT2D eigenvalue weighted by Crippen LogP contribution is -2.30. The molecule has 0 aliphatic carbocycles. The van der Waals surface area contributed by atoms with Crippen molar-refractivity contribution in [2.45, 2.75) is 18.9 Å². The van der Waals surface area contributed by atoms with Gasteiger partial charge in [-0.05, 0) is 56.3 Å². The van der Waals surface area contributed by atoms with Crippen LogP contribution in [-0.2, 0) is 4.79 Å². The number of anilines is 1. The van der Waals surface area contributed by atoms with Gasteiger partial charge in [-0.2, -0.15) is 0 Å². The number of ether oxygens (including phenoxy) is 2. The molecule has 1 fully saturated rings. The standard InChI is InChI=1S/C23H24Cl2N2O3.ClH/c1-26-10-3-4-17(26)14-30-22-13-16(6-8-21(22)29-2)27-11-9-18(23(27)28)15-5-7-19(24)20(25)12-15;/h5-9,12-13,17H,3-4,10-11,14H2,1-2H3;1H. The number of hydrogen-bond acceptors (Lipinski definition) is 4. The van der Waals surface area contributed by atoms with E-state index in [1.54, 1.807) is 24.1 Å². The first-order chi connectivity index (χ1) is 14.5. The molecule has 0 spiro atoms. The second-order valence-corrected chi connectivity index (χ2v) is 8.40. The van der Waals surface area contributed by atoms with E-state index in [2.05, 4.69) is 11.9 Å². The Labute approximate surface area is 198 Å². The average Bonchev–Trinajstić information content (AvgIpc) is 3.33. The number of likely N-dealkylation sites (tertiary alicyclic amines) is 1. The quantitative estimate of drug-likeness (QED) is 0.557. The topological polar surface area (TPSA) is 42.0 Å². The van der Waals surface area contributed by atoms with E-state index in [-0.39, 0.29) is 18.3 Å². The highest BCUT2D eigenvalue weighted by atomic mass is 35.5. The van der Waals surface area contributed by atoms with Crippen molar-refractivity contribution < 1.29 is 14.3 Å². The summed E-state index contributed by atoms with van der Waals surface area (Å²) in [4.78, 5) is 17.1. The third kappa shape index (κ3) is 4.96. The van der Waals surface area contributed by atoms with Crippen LogP contribution in [0.1, 0.15) is 18.4 Å². The van der Waals surface area contributed by atoms with Crippen molar-refractivity contribution in [1.29, 1.82) is 0 Å². The first kappa shape index (κ1) is 23.7. The number of nitrogens with zero attached hydrogens (tertiary/aromatic N) is 2. The molecule has 2 aliphatic heterocycles. The molecule has 0 radical (unpaired) electrons. The number of rotatable bonds is 6. The van der Waals surface area contributed by atoms with Gasteiger partial charge in [0.2, 0.25) is 0 Å². The van der Waals surface area contributed by atoms with Gasteiger partial charge in [-0.3, -0.25) is 4.79 Å². The molecule has 4 rings (SSSR count). The van der Waals surface area contributed by atoms with Gasteiger partial charge >= 0.3 is 0 Å². The Balaban J connectivity index is 0.00000272. The van der Waals surface area contributed by atoms with E-state index in [1.165, 1.54) is 6.42 Å². The molecular weight excluding hydrogens is 459 g/mol. The van der Waals surface area contributed by atoms with Gasteiger partial charge < -0.3 is 19.3 Å². The van der Waals surface area contributed by atoms with Crippen LogP contribution in [-0.4, -0.2) is 50.7 Å². The molecule has 166 valence electrons. The maximum Gasteiger partial charge on any atom is 0.258 e. The molecule has 2 heterocycles. The lowest BCUT2D eigenvalue weighted by Gasteiger charge is -2.22. The molecule has 31 heavy (non-hydrogen) atoms. The predicted octanol–water partition coefficient (Wildman–Crippen LogP) is 5.33. The number of hydrogen-bond donors (Lipinski definition) is 0. The second-order valence-electron chi connectivity index (χ2n) is 7.59. The summed E-state index contributed by atoms with van der Waals surface area (Å²) >= 11 is 12.1. The average molecular weight is 484 g/mol. The van der Waals surface area contributed by atoms with Crippen molar-refractivity contribution in [1.82, 2.24) is 4.90 Å². The molecule has 2 aromatic carbocycles. The summed E-state index contributed by atoms with van der Waals surface area (Å²) < 4.78 is 11.6. The van der Waals surface area contributed by atoms with Gasteiger partial charge in [0.05, 0.1) is 17.2 Å². The summed E-state index contributed by atoms with van der Waals surface area (Å²) in [5.74, 6) is 1.22. The molecule has 0 saturated carbocycles. The number of halogens is 3. The lowest BCUT2D eigenvalue weighted by atomic mass is 10.1. The number of methoxy groups -OCH3 is 1. The largest absolute Gasteiger partial charge is 0.493 e. The highest BCUT2D eigenvalue weighted by Gasteiger charge is 2.28. The van der Waals surface area contributed by atoms with Crippen LogP contribution >= 0.6 is 35.6 Å². The number of amides is 1. The van der Waals surface area contributed by atoms with Crippen molar-refractivity contribution in [3.63, 3.8) is 0 Å². The number of carbonyl (C=O) groups is 1. The fourth-order valence-corrected chi connectivity index (χ4v) is 4.25. The van der Waals surface area contributed by atoms with Gasteiger partial charge in [-0.25, -0.2) is 0 Å². The highest BCUT2D eigenvalue weighted by Crippen LogP contribution is 2.36. The Morgan fingerprint density at radius 2 is 1.90 bits per heavy atom. The first-order valence-electron chi connectivity index (χ1n) is 9.96. The molecule has 5 nitrogen and oxygen atoms in total. The van der Waals surface area contributed by atoms with Crippen LogP contribution < -0.4 is 14.4 Å². The Kier molecular flexibility index (Phi) is 7.76. The zero-order valence-electron chi connectivity index (χ0n) is 17.4. The van der Waals surface area contributed by atoms with Crippen LogP contribution in [0, 0.1) is 0 Å². The molecule has 0 aromatic heterocycles. The van der Waals surface area contributed by atoms with Crippen LogP contribution in [0.2, 0.25) is 10.0 Å². The molecular formula is C23H25Cl3N2O3. The van der Waals surface area contributed by atoms with Gasteiger partial charge in [-0.1, -0.05) is 35.3 Å². The van der Waals surface area contributed by atoms with Gasteiger partial charge in [0, 0.05) is 29.9 Å². The van der Waals surface area contributed by atoms with Crippen molar-refractivity contribution in [3.8, 4) is 11.5 Å². The summed E-state index contributed by atoms with van der Waals surface area (Å²) in [7, 11) is 3.74. The van der Waals surface area contributed by atoms with Crippen molar-refractivity contribution in [2.24, 2.45) is 0 Å². The number of benzene rings is 2. The molecule has 0 bridgehead atoms. The van der Waals surface area contributed by atoms with Crippen molar-refractivity contribution in [3.05, 3.63) is 58.1 Å². The summed E-state index contributed by atoms with van der Waals surface area (Å²) in [5, 5.41) is 0.895. The fourth-order valence-electron chi connectivity index (χ4n) is 3.95. The Hall–Kier alpha value is -1.92. The summed E-state index contributed by atoms with van der Waals surface area (Å²) in [5.41, 5.74) is 2.13. The minimum absolute atomic E-state index is 0. The van der Waals surface area contributed by atoms with Gasteiger partial charge in [0.15, 0.2) is 11.5 Å². The molecule has 2 aliphatic rings. The van der Waals surface area contributed by atoms with Crippen LogP contribution in [0.3, 0.4) is 0 Å². The number of likely N-dealkylation sites (N-methyl/N-ethyl adjacent to an activating group) is 1. The molecule has 0 N–H and O–H groups in total. The van der Waals surface area contributed by atoms with E-state index in [4.69, 9.17) is 32.7 Å². The summed E-state index contributed by atoms with van der Waals surface area (Å²) in [6, 6.07) is 11.2. The van der Waals surface area contributed by atoms with Gasteiger partial charge in [0.25, 0.3) is 5.91 Å². The van der Waals surface area contributed by atoms with E-state index in [0.29, 0.717) is 46.3 Å². The maximum absolute atomic E-state index is 13.1. The normalized spacial score (nSPS) is 18.7. The van der Waals surface area contributed by atoms with Crippen LogP contribution in [0.15, 0.2) is 42.5 Å². The van der Waals surface area contributed by atoms with E-state index < -0.39 is 0 Å². The van der Waals surface area contributed by atoms with Crippen LogP contribution in [0.4, 0.5) is 5.69 Å². The Bertz CT molecular complexity index is 996. The third-order valence-corrected chi connectivity index (χ3v) is 6.48. The Morgan fingerprint density at radius 1 is 1.10 bits per heavy atom. The van der Waals surface area contributed by atoms with Crippen molar-refractivity contribution in [2.75, 3.05) is 38.8 Å². The first-order valence-corrected chi connectivity index (χ1v) is 10.7. The van der Waals surface area contributed by atoms with E-state index in [9.17, 15) is 4.79 Å². The van der Waals surface area contributed by atoms with Gasteiger partial charge in [-0.15, -0.1) is 12.4 Å². The van der Waals surface area contributed by atoms with Crippen LogP contribution in [0.25, 0.3) is 5.57 Å². The molecule has 1 amide bonds. The summed E-state index contributed by atoms with van der Waals surface area (Å²) in [6.45, 7) is 2.17. The maximum atomic E-state index is 13.1. The molecule has 1 saturated heterocycles. The SMILES string of the molecule is COc1ccc(N2CC=C(c3ccc(Cl)c(Cl)c3)C2=O)cc1OCC1CCCN1C.Cl. The molecule has 8 heteroatoms. The summed E-state index contributed by atoms with van der Waals surface area (Å²) in [6.07, 6.45) is 4.22. The second kappa shape index (κ2) is 10.1. The predicted molar refractivity (Wildman–Crippen MR) is 128 cm³/mol. The minimum Gasteiger partial charge on any atom is -0.493 e. The van der Waals surface area contributed by atoms with E-state index in [0.717, 1.165) is 24.2 Å². The van der Waals surface area contributed by atoms with Crippen LogP contribution in [0.5, 0.6) is 11.5 Å². The zero-order valence-corrected chi connectivity index (χ0v) is 19.8. The van der Waals surface area contributed by atoms with E-state index >= 15 is 0 Å². The van der Waals surface area contributed by atoms with Gasteiger partial charge in [0.1, 0.15) is 6.61 Å². The lowest BCUT2D eigenvalue weighted by molar-refractivity contribution is -0.112. The minimum atomic E-state index is -0.0833.